The second-order valence-electron chi connectivity index (χ2n) is 4.61. The molecule has 0 atom stereocenters. The summed E-state index contributed by atoms with van der Waals surface area (Å²) in [5, 5.41) is 3.20. The van der Waals surface area contributed by atoms with Crippen LogP contribution >= 0.6 is 0 Å². The van der Waals surface area contributed by atoms with Crippen molar-refractivity contribution in [2.45, 2.75) is 31.7 Å². The lowest BCUT2D eigenvalue weighted by Crippen LogP contribution is -2.59. The molecule has 0 aromatic carbocycles. The number of nitrogens with one attached hydrogen (secondary N) is 1. The van der Waals surface area contributed by atoms with Gasteiger partial charge in [0.25, 0.3) is 0 Å². The van der Waals surface area contributed by atoms with Crippen molar-refractivity contribution in [3.8, 4) is 0 Å². The highest BCUT2D eigenvalue weighted by Crippen LogP contribution is 2.13. The smallest absolute Gasteiger partial charge is 0.320 e. The molecule has 4 heteroatoms. The Labute approximate surface area is 91.6 Å². The second kappa shape index (κ2) is 4.84. The van der Waals surface area contributed by atoms with E-state index in [1.54, 1.807) is 0 Å². The predicted molar refractivity (Wildman–Crippen MR) is 59.9 cm³/mol. The zero-order valence-electron chi connectivity index (χ0n) is 9.54. The normalized spacial score (nSPS) is 23.1. The van der Waals surface area contributed by atoms with E-state index in [1.807, 2.05) is 16.8 Å². The van der Waals surface area contributed by atoms with Crippen LogP contribution in [0.25, 0.3) is 0 Å². The molecule has 0 radical (unpaired) electrons. The summed E-state index contributed by atoms with van der Waals surface area (Å²) in [6.45, 7) is 3.80. The van der Waals surface area contributed by atoms with E-state index in [1.165, 1.54) is 25.7 Å². The molecule has 0 bridgehead atoms. The van der Waals surface area contributed by atoms with Gasteiger partial charge in [0.2, 0.25) is 0 Å². The lowest BCUT2D eigenvalue weighted by Gasteiger charge is -2.38. The molecular formula is C11H21N3O. The molecule has 0 saturated carbocycles. The first-order chi connectivity index (χ1) is 7.29. The molecule has 2 aliphatic heterocycles. The molecule has 2 fully saturated rings. The largest absolute Gasteiger partial charge is 0.325 e. The number of likely N-dealkylation sites (N-methyl/N-ethyl adjacent to an activating group) is 1. The number of likely N-dealkylation sites (tertiary alicyclic amines) is 1. The first-order valence-electron chi connectivity index (χ1n) is 6.01. The number of carbonyl (C=O) groups is 1. The van der Waals surface area contributed by atoms with E-state index < -0.39 is 0 Å². The van der Waals surface area contributed by atoms with Crippen molar-refractivity contribution in [3.63, 3.8) is 0 Å². The van der Waals surface area contributed by atoms with Gasteiger partial charge in [0.1, 0.15) is 0 Å². The minimum Gasteiger partial charge on any atom is -0.325 e. The number of nitrogens with zero attached hydrogens (tertiary/aromatic N) is 2. The number of amides is 2. The van der Waals surface area contributed by atoms with Crippen molar-refractivity contribution >= 4 is 6.03 Å². The van der Waals surface area contributed by atoms with Gasteiger partial charge >= 0.3 is 6.03 Å². The van der Waals surface area contributed by atoms with Crippen LogP contribution in [0.2, 0.25) is 0 Å². The fourth-order valence-corrected chi connectivity index (χ4v) is 2.19. The fraction of sp³-hybridized carbons (Fsp3) is 0.909. The Kier molecular flexibility index (Phi) is 3.46. The minimum atomic E-state index is 0.225. The summed E-state index contributed by atoms with van der Waals surface area (Å²) in [6, 6.07) is 0.643. The number of hydrogen-bond donors (Lipinski definition) is 1. The SMILES string of the molecule is CN(C(=O)N1CCCCCC1)C1CNC1. The summed E-state index contributed by atoms with van der Waals surface area (Å²) < 4.78 is 0. The molecular weight excluding hydrogens is 190 g/mol. The van der Waals surface area contributed by atoms with Crippen LogP contribution in [0.3, 0.4) is 0 Å². The zero-order valence-corrected chi connectivity index (χ0v) is 9.54. The molecule has 2 rings (SSSR count). The first-order valence-corrected chi connectivity index (χ1v) is 6.01. The molecule has 0 aromatic heterocycles. The Bertz CT molecular complexity index is 220. The maximum Gasteiger partial charge on any atom is 0.320 e. The summed E-state index contributed by atoms with van der Waals surface area (Å²) in [6.07, 6.45) is 4.89. The third-order valence-corrected chi connectivity index (χ3v) is 3.49. The molecule has 2 aliphatic rings. The molecule has 0 spiro atoms. The van der Waals surface area contributed by atoms with Crippen molar-refractivity contribution in [2.24, 2.45) is 0 Å². The summed E-state index contributed by atoms with van der Waals surface area (Å²) in [4.78, 5) is 16.0. The number of hydrogen-bond acceptors (Lipinski definition) is 2. The van der Waals surface area contributed by atoms with Crippen LogP contribution in [0.5, 0.6) is 0 Å². The van der Waals surface area contributed by atoms with Crippen LogP contribution in [-0.2, 0) is 0 Å². The third kappa shape index (κ3) is 2.43. The lowest BCUT2D eigenvalue weighted by atomic mass is 10.1. The zero-order chi connectivity index (χ0) is 10.7. The number of urea groups is 1. The maximum atomic E-state index is 12.1. The minimum absolute atomic E-state index is 0.225. The predicted octanol–water partition coefficient (Wildman–Crippen LogP) is 0.886. The molecule has 2 heterocycles. The molecule has 1 N–H and O–H groups in total. The van der Waals surface area contributed by atoms with E-state index in [0.717, 1.165) is 26.2 Å². The van der Waals surface area contributed by atoms with E-state index in [4.69, 9.17) is 0 Å². The van der Waals surface area contributed by atoms with Crippen molar-refractivity contribution < 1.29 is 4.79 Å². The monoisotopic (exact) mass is 211 g/mol. The van der Waals surface area contributed by atoms with Crippen molar-refractivity contribution in [1.82, 2.24) is 15.1 Å². The van der Waals surface area contributed by atoms with E-state index in [-0.39, 0.29) is 6.03 Å². The standard InChI is InChI=1S/C11H21N3O/c1-13(10-8-12-9-10)11(15)14-6-4-2-3-5-7-14/h10,12H,2-9H2,1H3. The van der Waals surface area contributed by atoms with Crippen LogP contribution < -0.4 is 5.32 Å². The van der Waals surface area contributed by atoms with Gasteiger partial charge in [0.15, 0.2) is 0 Å². The van der Waals surface area contributed by atoms with Crippen LogP contribution in [0.4, 0.5) is 4.79 Å². The lowest BCUT2D eigenvalue weighted by molar-refractivity contribution is 0.131. The maximum absolute atomic E-state index is 12.1. The van der Waals surface area contributed by atoms with Crippen LogP contribution in [-0.4, -0.2) is 55.1 Å². The molecule has 2 amide bonds. The van der Waals surface area contributed by atoms with Crippen molar-refractivity contribution in [2.75, 3.05) is 33.2 Å². The quantitative estimate of drug-likeness (QED) is 0.699. The van der Waals surface area contributed by atoms with Gasteiger partial charge in [-0.25, -0.2) is 4.79 Å². The summed E-state index contributed by atoms with van der Waals surface area (Å²) in [5.74, 6) is 0. The highest BCUT2D eigenvalue weighted by molar-refractivity contribution is 5.74. The van der Waals surface area contributed by atoms with Gasteiger partial charge in [0.05, 0.1) is 6.04 Å². The highest BCUT2D eigenvalue weighted by atomic mass is 16.2. The van der Waals surface area contributed by atoms with Crippen molar-refractivity contribution in [1.29, 1.82) is 0 Å². The molecule has 0 aliphatic carbocycles. The van der Waals surface area contributed by atoms with Gasteiger partial charge in [-0.3, -0.25) is 0 Å². The van der Waals surface area contributed by atoms with Gasteiger partial charge < -0.3 is 15.1 Å². The molecule has 0 aromatic rings. The molecule has 15 heavy (non-hydrogen) atoms. The summed E-state index contributed by atoms with van der Waals surface area (Å²) in [7, 11) is 1.93. The molecule has 4 nitrogen and oxygen atoms in total. The van der Waals surface area contributed by atoms with Crippen LogP contribution in [0.1, 0.15) is 25.7 Å². The Balaban J connectivity index is 1.86. The number of carbonyl (C=O) groups excluding carboxylic acids is 1. The van der Waals surface area contributed by atoms with Gasteiger partial charge in [-0.2, -0.15) is 0 Å². The average Bonchev–Trinajstić information content (AvgIpc) is 2.41. The summed E-state index contributed by atoms with van der Waals surface area (Å²) >= 11 is 0. The third-order valence-electron chi connectivity index (χ3n) is 3.49. The van der Waals surface area contributed by atoms with Gasteiger partial charge in [-0.15, -0.1) is 0 Å². The first kappa shape index (κ1) is 10.7. The van der Waals surface area contributed by atoms with Crippen LogP contribution in [0, 0.1) is 0 Å². The topological polar surface area (TPSA) is 35.6 Å². The Morgan fingerprint density at radius 2 is 1.80 bits per heavy atom. The van der Waals surface area contributed by atoms with Gasteiger partial charge in [0, 0.05) is 33.2 Å². The van der Waals surface area contributed by atoms with E-state index in [2.05, 4.69) is 5.32 Å². The van der Waals surface area contributed by atoms with Gasteiger partial charge in [-0.1, -0.05) is 12.8 Å². The second-order valence-corrected chi connectivity index (χ2v) is 4.61. The Morgan fingerprint density at radius 1 is 1.20 bits per heavy atom. The molecule has 0 unspecified atom stereocenters. The average molecular weight is 211 g/mol. The van der Waals surface area contributed by atoms with Gasteiger partial charge in [-0.05, 0) is 12.8 Å². The summed E-state index contributed by atoms with van der Waals surface area (Å²) in [5.41, 5.74) is 0. The van der Waals surface area contributed by atoms with E-state index in [0.29, 0.717) is 6.04 Å². The highest BCUT2D eigenvalue weighted by Gasteiger charge is 2.28. The van der Waals surface area contributed by atoms with E-state index in [9.17, 15) is 4.79 Å². The number of rotatable bonds is 1. The van der Waals surface area contributed by atoms with Crippen molar-refractivity contribution in [3.05, 3.63) is 0 Å². The Morgan fingerprint density at radius 3 is 2.27 bits per heavy atom. The fourth-order valence-electron chi connectivity index (χ4n) is 2.19. The van der Waals surface area contributed by atoms with Crippen LogP contribution in [0.15, 0.2) is 0 Å². The molecule has 2 saturated heterocycles. The Hall–Kier alpha value is -0.770. The van der Waals surface area contributed by atoms with E-state index >= 15 is 0 Å². The molecule has 86 valence electrons.